The summed E-state index contributed by atoms with van der Waals surface area (Å²) >= 11 is 5.62. The Labute approximate surface area is 154 Å². The first-order valence-electron chi connectivity index (χ1n) is 8.21. The molecule has 0 aliphatic heterocycles. The standard InChI is InChI=1S/C17H18ClN5O3/c1-2-4-11-9-16(25)21-17(19-11)23-14(20-15(24)6-7-18)10-12(22-23)13-5-3-8-26-13/h3,5,8-10H,2,4,6-7H2,1H3,(H,20,24)(H,19,21,25). The number of aryl methyl sites for hydroxylation is 1. The van der Waals surface area contributed by atoms with Gasteiger partial charge in [0.2, 0.25) is 11.9 Å². The van der Waals surface area contributed by atoms with Crippen LogP contribution in [0.1, 0.15) is 25.5 Å². The molecule has 0 aromatic carbocycles. The Morgan fingerprint density at radius 2 is 2.27 bits per heavy atom. The first-order valence-corrected chi connectivity index (χ1v) is 8.74. The Morgan fingerprint density at radius 1 is 1.42 bits per heavy atom. The van der Waals surface area contributed by atoms with Crippen LogP contribution in [-0.2, 0) is 11.2 Å². The van der Waals surface area contributed by atoms with Crippen LogP contribution in [0.5, 0.6) is 0 Å². The summed E-state index contributed by atoms with van der Waals surface area (Å²) < 4.78 is 6.74. The van der Waals surface area contributed by atoms with E-state index in [0.29, 0.717) is 29.4 Å². The van der Waals surface area contributed by atoms with E-state index in [2.05, 4.69) is 20.4 Å². The third kappa shape index (κ3) is 4.02. The summed E-state index contributed by atoms with van der Waals surface area (Å²) in [7, 11) is 0. The third-order valence-corrected chi connectivity index (χ3v) is 3.75. The molecule has 0 radical (unpaired) electrons. The molecule has 0 spiro atoms. The number of amides is 1. The Morgan fingerprint density at radius 3 is 2.96 bits per heavy atom. The highest BCUT2D eigenvalue weighted by Gasteiger charge is 2.17. The second kappa shape index (κ2) is 8.01. The highest BCUT2D eigenvalue weighted by Crippen LogP contribution is 2.24. The van der Waals surface area contributed by atoms with E-state index in [1.54, 1.807) is 18.2 Å². The molecule has 3 rings (SSSR count). The molecule has 8 nitrogen and oxygen atoms in total. The predicted molar refractivity (Wildman–Crippen MR) is 97.6 cm³/mol. The zero-order valence-corrected chi connectivity index (χ0v) is 14.9. The number of aromatic amines is 1. The molecule has 0 aliphatic carbocycles. The van der Waals surface area contributed by atoms with Crippen molar-refractivity contribution in [1.29, 1.82) is 0 Å². The van der Waals surface area contributed by atoms with Crippen molar-refractivity contribution in [2.24, 2.45) is 0 Å². The van der Waals surface area contributed by atoms with Gasteiger partial charge in [0.15, 0.2) is 5.76 Å². The number of anilines is 1. The number of carbonyl (C=O) groups excluding carboxylic acids is 1. The fourth-order valence-corrected chi connectivity index (χ4v) is 2.62. The number of furan rings is 1. The van der Waals surface area contributed by atoms with Gasteiger partial charge in [0.1, 0.15) is 11.5 Å². The van der Waals surface area contributed by atoms with Gasteiger partial charge in [0, 0.05) is 30.1 Å². The Balaban J connectivity index is 2.06. The van der Waals surface area contributed by atoms with Crippen LogP contribution in [-0.4, -0.2) is 31.5 Å². The summed E-state index contributed by atoms with van der Waals surface area (Å²) in [5, 5.41) is 7.16. The van der Waals surface area contributed by atoms with E-state index in [1.807, 2.05) is 6.92 Å². The third-order valence-electron chi connectivity index (χ3n) is 3.56. The molecule has 0 aliphatic rings. The van der Waals surface area contributed by atoms with Gasteiger partial charge in [0.05, 0.1) is 6.26 Å². The highest BCUT2D eigenvalue weighted by atomic mass is 35.5. The lowest BCUT2D eigenvalue weighted by Gasteiger charge is -2.08. The zero-order chi connectivity index (χ0) is 18.5. The summed E-state index contributed by atoms with van der Waals surface area (Å²) in [4.78, 5) is 31.0. The van der Waals surface area contributed by atoms with Crippen LogP contribution in [0.2, 0.25) is 0 Å². The van der Waals surface area contributed by atoms with E-state index in [4.69, 9.17) is 16.0 Å². The first-order chi connectivity index (χ1) is 12.6. The quantitative estimate of drug-likeness (QED) is 0.617. The van der Waals surface area contributed by atoms with E-state index >= 15 is 0 Å². The normalized spacial score (nSPS) is 10.8. The molecule has 0 atom stereocenters. The number of nitrogens with one attached hydrogen (secondary N) is 2. The number of hydrogen-bond donors (Lipinski definition) is 2. The van der Waals surface area contributed by atoms with Crippen molar-refractivity contribution in [3.63, 3.8) is 0 Å². The first kappa shape index (κ1) is 17.9. The second-order valence-corrected chi connectivity index (χ2v) is 5.98. The van der Waals surface area contributed by atoms with E-state index in [9.17, 15) is 9.59 Å². The Bertz CT molecular complexity index is 946. The lowest BCUT2D eigenvalue weighted by Crippen LogP contribution is -2.19. The largest absolute Gasteiger partial charge is 0.463 e. The van der Waals surface area contributed by atoms with Crippen LogP contribution in [0, 0.1) is 0 Å². The molecule has 2 N–H and O–H groups in total. The van der Waals surface area contributed by atoms with Crippen LogP contribution in [0.15, 0.2) is 39.7 Å². The fourth-order valence-electron chi connectivity index (χ4n) is 2.45. The van der Waals surface area contributed by atoms with Crippen LogP contribution >= 0.6 is 11.6 Å². The number of halogens is 1. The highest BCUT2D eigenvalue weighted by molar-refractivity contribution is 6.19. The van der Waals surface area contributed by atoms with E-state index in [-0.39, 0.29) is 29.7 Å². The average molecular weight is 376 g/mol. The summed E-state index contributed by atoms with van der Waals surface area (Å²) in [6.07, 6.45) is 3.20. The van der Waals surface area contributed by atoms with Crippen molar-refractivity contribution in [1.82, 2.24) is 19.7 Å². The van der Waals surface area contributed by atoms with Gasteiger partial charge >= 0.3 is 0 Å². The van der Waals surface area contributed by atoms with Crippen LogP contribution < -0.4 is 10.9 Å². The van der Waals surface area contributed by atoms with Gasteiger partial charge in [-0.1, -0.05) is 13.3 Å². The number of carbonyl (C=O) groups is 1. The maximum absolute atomic E-state index is 12.0. The lowest BCUT2D eigenvalue weighted by molar-refractivity contribution is -0.115. The van der Waals surface area contributed by atoms with Crippen LogP contribution in [0.4, 0.5) is 5.82 Å². The van der Waals surface area contributed by atoms with E-state index < -0.39 is 0 Å². The molecule has 0 saturated carbocycles. The van der Waals surface area contributed by atoms with Gasteiger partial charge in [-0.05, 0) is 18.6 Å². The Hall–Kier alpha value is -2.87. The molecule has 0 bridgehead atoms. The number of H-pyrrole nitrogens is 1. The van der Waals surface area contributed by atoms with Crippen LogP contribution in [0.3, 0.4) is 0 Å². The molecule has 3 aromatic rings. The lowest BCUT2D eigenvalue weighted by atomic mass is 10.2. The fraction of sp³-hybridized carbons (Fsp3) is 0.294. The van der Waals surface area contributed by atoms with Crippen molar-refractivity contribution >= 4 is 23.3 Å². The second-order valence-electron chi connectivity index (χ2n) is 5.60. The zero-order valence-electron chi connectivity index (χ0n) is 14.2. The summed E-state index contributed by atoms with van der Waals surface area (Å²) in [5.74, 6) is 1.05. The van der Waals surface area contributed by atoms with Crippen molar-refractivity contribution in [2.45, 2.75) is 26.2 Å². The van der Waals surface area contributed by atoms with Crippen molar-refractivity contribution in [2.75, 3.05) is 11.2 Å². The number of alkyl halides is 1. The number of rotatable bonds is 7. The van der Waals surface area contributed by atoms with Crippen LogP contribution in [0.25, 0.3) is 17.4 Å². The molecule has 3 heterocycles. The summed E-state index contributed by atoms with van der Waals surface area (Å²) in [6, 6.07) is 6.59. The predicted octanol–water partition coefficient (Wildman–Crippen LogP) is 2.74. The molecular formula is C17H18ClN5O3. The van der Waals surface area contributed by atoms with Gasteiger partial charge in [-0.3, -0.25) is 14.6 Å². The molecule has 9 heteroatoms. The monoisotopic (exact) mass is 375 g/mol. The number of aromatic nitrogens is 4. The van der Waals surface area contributed by atoms with Gasteiger partial charge in [-0.2, -0.15) is 9.78 Å². The topological polar surface area (TPSA) is 106 Å². The number of hydrogen-bond acceptors (Lipinski definition) is 5. The maximum atomic E-state index is 12.0. The molecule has 0 unspecified atom stereocenters. The minimum Gasteiger partial charge on any atom is -0.463 e. The SMILES string of the molecule is CCCc1cc(=O)[nH]c(-n2nc(-c3ccco3)cc2NC(=O)CCCl)n1. The molecule has 26 heavy (non-hydrogen) atoms. The molecule has 136 valence electrons. The minimum absolute atomic E-state index is 0.155. The minimum atomic E-state index is -0.286. The van der Waals surface area contributed by atoms with Crippen molar-refractivity contribution in [3.8, 4) is 17.4 Å². The molecule has 3 aromatic heterocycles. The van der Waals surface area contributed by atoms with Crippen molar-refractivity contribution in [3.05, 3.63) is 46.6 Å². The maximum Gasteiger partial charge on any atom is 0.252 e. The van der Waals surface area contributed by atoms with Gasteiger partial charge in [-0.15, -0.1) is 11.6 Å². The van der Waals surface area contributed by atoms with Gasteiger partial charge in [-0.25, -0.2) is 4.98 Å². The van der Waals surface area contributed by atoms with Gasteiger partial charge in [0.25, 0.3) is 5.56 Å². The van der Waals surface area contributed by atoms with E-state index in [1.165, 1.54) is 17.0 Å². The van der Waals surface area contributed by atoms with Gasteiger partial charge < -0.3 is 9.73 Å². The molecule has 0 fully saturated rings. The summed E-state index contributed by atoms with van der Waals surface area (Å²) in [5.41, 5.74) is 0.866. The van der Waals surface area contributed by atoms with Crippen molar-refractivity contribution < 1.29 is 9.21 Å². The smallest absolute Gasteiger partial charge is 0.252 e. The molecular weight excluding hydrogens is 358 g/mol. The number of nitrogens with zero attached hydrogens (tertiary/aromatic N) is 3. The Kier molecular flexibility index (Phi) is 5.52. The van der Waals surface area contributed by atoms with E-state index in [0.717, 1.165) is 6.42 Å². The summed E-state index contributed by atoms with van der Waals surface area (Å²) in [6.45, 7) is 2.00. The molecule has 1 amide bonds. The average Bonchev–Trinajstić information content (AvgIpc) is 3.24. The molecule has 0 saturated heterocycles.